The molecule has 2 aliphatic rings. The molecular weight excluding hydrogens is 202 g/mol. The first-order valence-corrected chi connectivity index (χ1v) is 5.80. The van der Waals surface area contributed by atoms with E-state index in [0.29, 0.717) is 12.0 Å². The van der Waals surface area contributed by atoms with Crippen molar-refractivity contribution in [3.05, 3.63) is 24.5 Å². The number of amides is 1. The van der Waals surface area contributed by atoms with Crippen molar-refractivity contribution in [3.8, 4) is 0 Å². The number of carbonyl (C=O) groups excluding carboxylic acids is 1. The van der Waals surface area contributed by atoms with Gasteiger partial charge in [-0.1, -0.05) is 0 Å². The number of anilines is 1. The summed E-state index contributed by atoms with van der Waals surface area (Å²) < 4.78 is 0. The minimum absolute atomic E-state index is 0.000967. The first-order valence-electron chi connectivity index (χ1n) is 5.80. The summed E-state index contributed by atoms with van der Waals surface area (Å²) in [6.45, 7) is 0. The van der Waals surface area contributed by atoms with Crippen LogP contribution in [0.5, 0.6) is 0 Å². The molecule has 2 bridgehead atoms. The zero-order chi connectivity index (χ0) is 11.0. The van der Waals surface area contributed by atoms with E-state index in [1.54, 1.807) is 12.4 Å². The summed E-state index contributed by atoms with van der Waals surface area (Å²) in [5.41, 5.74) is 0.775. The molecule has 2 fully saturated rings. The molecule has 4 heteroatoms. The van der Waals surface area contributed by atoms with Crippen LogP contribution in [0, 0.1) is 5.92 Å². The molecule has 0 spiro atoms. The molecule has 3 atom stereocenters. The normalized spacial score (nSPS) is 31.6. The number of fused-ring (bicyclic) bond motifs is 2. The van der Waals surface area contributed by atoms with Crippen molar-refractivity contribution in [2.24, 2.45) is 5.92 Å². The summed E-state index contributed by atoms with van der Waals surface area (Å²) in [6, 6.07) is 4.25. The van der Waals surface area contributed by atoms with E-state index in [2.05, 4.69) is 15.6 Å². The van der Waals surface area contributed by atoms with Gasteiger partial charge >= 0.3 is 0 Å². The lowest BCUT2D eigenvalue weighted by Gasteiger charge is -2.22. The monoisotopic (exact) mass is 217 g/mol. The maximum absolute atomic E-state index is 12.0. The number of hydrogen-bond acceptors (Lipinski definition) is 3. The van der Waals surface area contributed by atoms with E-state index in [1.165, 1.54) is 12.8 Å². The molecule has 1 aromatic heterocycles. The Morgan fingerprint density at radius 1 is 1.50 bits per heavy atom. The van der Waals surface area contributed by atoms with E-state index < -0.39 is 0 Å². The van der Waals surface area contributed by atoms with Gasteiger partial charge in [0, 0.05) is 12.2 Å². The SMILES string of the molecule is O=C(Nc1cccnc1)C1NC2CCC1C2. The maximum atomic E-state index is 12.0. The van der Waals surface area contributed by atoms with Crippen molar-refractivity contribution in [3.63, 3.8) is 0 Å². The Hall–Kier alpha value is -1.42. The van der Waals surface area contributed by atoms with E-state index in [-0.39, 0.29) is 11.9 Å². The first-order chi connectivity index (χ1) is 7.83. The lowest BCUT2D eigenvalue weighted by Crippen LogP contribution is -2.44. The van der Waals surface area contributed by atoms with Gasteiger partial charge in [-0.2, -0.15) is 0 Å². The molecule has 2 N–H and O–H groups in total. The van der Waals surface area contributed by atoms with Gasteiger partial charge in [0.15, 0.2) is 0 Å². The molecule has 3 rings (SSSR count). The van der Waals surface area contributed by atoms with Crippen LogP contribution in [0.25, 0.3) is 0 Å². The van der Waals surface area contributed by atoms with Gasteiger partial charge in [0.1, 0.15) is 0 Å². The van der Waals surface area contributed by atoms with Gasteiger partial charge in [0.05, 0.1) is 17.9 Å². The number of rotatable bonds is 2. The highest BCUT2D eigenvalue weighted by molar-refractivity contribution is 5.95. The van der Waals surface area contributed by atoms with Gasteiger partial charge in [-0.05, 0) is 37.3 Å². The molecular formula is C12H15N3O. The highest BCUT2D eigenvalue weighted by Gasteiger charge is 2.42. The minimum Gasteiger partial charge on any atom is -0.323 e. The lowest BCUT2D eigenvalue weighted by atomic mass is 9.99. The molecule has 1 aromatic rings. The molecule has 1 aliphatic carbocycles. The fourth-order valence-corrected chi connectivity index (χ4v) is 2.81. The molecule has 1 saturated carbocycles. The topological polar surface area (TPSA) is 54.0 Å². The molecule has 1 saturated heterocycles. The second-order valence-corrected chi connectivity index (χ2v) is 4.65. The van der Waals surface area contributed by atoms with Gasteiger partial charge in [-0.15, -0.1) is 0 Å². The van der Waals surface area contributed by atoms with Crippen LogP contribution in [0.1, 0.15) is 19.3 Å². The number of piperidine rings is 1. The van der Waals surface area contributed by atoms with E-state index >= 15 is 0 Å². The molecule has 0 radical (unpaired) electrons. The standard InChI is InChI=1S/C12H15N3O/c16-12(15-10-2-1-5-13-7-10)11-8-3-4-9(6-8)14-11/h1-2,5,7-9,11,14H,3-4,6H2,(H,15,16). The van der Waals surface area contributed by atoms with Crippen LogP contribution in [0.3, 0.4) is 0 Å². The minimum atomic E-state index is -0.000967. The van der Waals surface area contributed by atoms with Crippen LogP contribution in [0.2, 0.25) is 0 Å². The quantitative estimate of drug-likeness (QED) is 0.781. The molecule has 0 aromatic carbocycles. The van der Waals surface area contributed by atoms with Crippen LogP contribution in [0.15, 0.2) is 24.5 Å². The van der Waals surface area contributed by atoms with Crippen LogP contribution in [-0.2, 0) is 4.79 Å². The zero-order valence-electron chi connectivity index (χ0n) is 9.02. The van der Waals surface area contributed by atoms with Crippen molar-refractivity contribution >= 4 is 11.6 Å². The van der Waals surface area contributed by atoms with Gasteiger partial charge < -0.3 is 10.6 Å². The fourth-order valence-electron chi connectivity index (χ4n) is 2.81. The Kier molecular flexibility index (Phi) is 2.36. The second-order valence-electron chi connectivity index (χ2n) is 4.65. The summed E-state index contributed by atoms with van der Waals surface area (Å²) in [7, 11) is 0. The number of nitrogens with zero attached hydrogens (tertiary/aromatic N) is 1. The predicted molar refractivity (Wildman–Crippen MR) is 60.9 cm³/mol. The summed E-state index contributed by atoms with van der Waals surface area (Å²) in [4.78, 5) is 16.0. The Labute approximate surface area is 94.5 Å². The highest BCUT2D eigenvalue weighted by atomic mass is 16.2. The number of nitrogens with one attached hydrogen (secondary N) is 2. The second kappa shape index (κ2) is 3.87. The third kappa shape index (κ3) is 1.69. The number of pyridine rings is 1. The molecule has 16 heavy (non-hydrogen) atoms. The van der Waals surface area contributed by atoms with E-state index in [9.17, 15) is 4.79 Å². The molecule has 2 heterocycles. The van der Waals surface area contributed by atoms with E-state index in [4.69, 9.17) is 0 Å². The van der Waals surface area contributed by atoms with Crippen LogP contribution < -0.4 is 10.6 Å². The maximum Gasteiger partial charge on any atom is 0.241 e. The predicted octanol–water partition coefficient (Wildman–Crippen LogP) is 1.16. The van der Waals surface area contributed by atoms with E-state index in [1.807, 2.05) is 12.1 Å². The van der Waals surface area contributed by atoms with Crippen LogP contribution in [0.4, 0.5) is 5.69 Å². The number of carbonyl (C=O) groups is 1. The Morgan fingerprint density at radius 3 is 3.06 bits per heavy atom. The lowest BCUT2D eigenvalue weighted by molar-refractivity contribution is -0.119. The van der Waals surface area contributed by atoms with Crippen molar-refractivity contribution in [2.75, 3.05) is 5.32 Å². The molecule has 1 amide bonds. The summed E-state index contributed by atoms with van der Waals surface area (Å²) in [5, 5.41) is 6.28. The van der Waals surface area contributed by atoms with Crippen molar-refractivity contribution < 1.29 is 4.79 Å². The average molecular weight is 217 g/mol. The highest BCUT2D eigenvalue weighted by Crippen LogP contribution is 2.35. The van der Waals surface area contributed by atoms with Crippen LogP contribution >= 0.6 is 0 Å². The molecule has 3 unspecified atom stereocenters. The van der Waals surface area contributed by atoms with Gasteiger partial charge in [0.25, 0.3) is 0 Å². The van der Waals surface area contributed by atoms with Gasteiger partial charge in [0.2, 0.25) is 5.91 Å². The van der Waals surface area contributed by atoms with Crippen molar-refractivity contribution in [2.45, 2.75) is 31.3 Å². The third-order valence-corrected chi connectivity index (χ3v) is 3.57. The smallest absolute Gasteiger partial charge is 0.241 e. The zero-order valence-corrected chi connectivity index (χ0v) is 9.02. The Bertz CT molecular complexity index is 393. The van der Waals surface area contributed by atoms with Crippen LogP contribution in [-0.4, -0.2) is 23.0 Å². The van der Waals surface area contributed by atoms with Gasteiger partial charge in [-0.25, -0.2) is 0 Å². The Morgan fingerprint density at radius 2 is 2.44 bits per heavy atom. The van der Waals surface area contributed by atoms with Crippen molar-refractivity contribution in [1.82, 2.24) is 10.3 Å². The largest absolute Gasteiger partial charge is 0.323 e. The van der Waals surface area contributed by atoms with E-state index in [0.717, 1.165) is 12.1 Å². The average Bonchev–Trinajstić information content (AvgIpc) is 2.92. The van der Waals surface area contributed by atoms with Crippen molar-refractivity contribution in [1.29, 1.82) is 0 Å². The molecule has 1 aliphatic heterocycles. The molecule has 84 valence electrons. The summed E-state index contributed by atoms with van der Waals surface area (Å²) in [6.07, 6.45) is 6.94. The first kappa shape index (κ1) is 9.78. The van der Waals surface area contributed by atoms with Gasteiger partial charge in [-0.3, -0.25) is 9.78 Å². The Balaban J connectivity index is 1.66. The number of aromatic nitrogens is 1. The fraction of sp³-hybridized carbons (Fsp3) is 0.500. The third-order valence-electron chi connectivity index (χ3n) is 3.57. The summed E-state index contributed by atoms with van der Waals surface area (Å²) in [5.74, 6) is 0.613. The molecule has 4 nitrogen and oxygen atoms in total. The summed E-state index contributed by atoms with van der Waals surface area (Å²) >= 11 is 0. The number of hydrogen-bond donors (Lipinski definition) is 2.